The smallest absolute Gasteiger partial charge is 0.166 e. The Balaban J connectivity index is 1.08. The molecule has 0 radical (unpaired) electrons. The van der Waals surface area contributed by atoms with Gasteiger partial charge in [0.25, 0.3) is 0 Å². The number of hydrogen-bond acceptors (Lipinski definition) is 3. The minimum atomic E-state index is 0.617. The van der Waals surface area contributed by atoms with Gasteiger partial charge in [-0.05, 0) is 90.6 Å². The molecule has 0 bridgehead atoms. The summed E-state index contributed by atoms with van der Waals surface area (Å²) in [6.45, 7) is 0. The number of fused-ring (bicyclic) bond motifs is 11. The minimum Gasteiger partial charge on any atom is -0.309 e. The molecular weight excluding hydrogens is 717 g/mol. The van der Waals surface area contributed by atoms with E-state index in [4.69, 9.17) is 15.0 Å². The van der Waals surface area contributed by atoms with Crippen LogP contribution in [0.5, 0.6) is 0 Å². The molecule has 0 atom stereocenters. The maximum absolute atomic E-state index is 5.32. The van der Waals surface area contributed by atoms with Crippen LogP contribution in [0.15, 0.2) is 206 Å². The molecule has 12 aromatic rings. The van der Waals surface area contributed by atoms with Crippen molar-refractivity contribution in [2.24, 2.45) is 0 Å². The highest BCUT2D eigenvalue weighted by atomic mass is 15.1. The van der Waals surface area contributed by atoms with Crippen LogP contribution >= 0.6 is 0 Å². The predicted octanol–water partition coefficient (Wildman–Crippen LogP) is 14.2. The Morgan fingerprint density at radius 2 is 0.729 bits per heavy atom. The van der Waals surface area contributed by atoms with Gasteiger partial charge in [0.05, 0.1) is 16.7 Å². The van der Waals surface area contributed by atoms with Crippen LogP contribution in [0.25, 0.3) is 116 Å². The standard InChI is InChI=1S/C55H34N4/c1-2-17-35(18-3-1)53-56-54(58-55(57-53)46-29-12-15-32-51(46)59-49-30-13-10-25-42(49)43-26-11-14-31-50(43)59)37-20-16-19-36(33-37)47-34-48-40-23-5-4-21-38(40)39-22-6-8-27-44(39)52(48)45-28-9-7-24-41(45)47/h1-34H. The van der Waals surface area contributed by atoms with Gasteiger partial charge in [-0.15, -0.1) is 0 Å². The molecule has 12 rings (SSSR count). The SMILES string of the molecule is c1ccc(-c2nc(-c3cccc(-c4cc5c6ccccc6c6ccccc6c5c5ccccc45)c3)nc(-c3ccccc3-n3c4ccccc4c4ccccc43)n2)cc1. The first-order valence-corrected chi connectivity index (χ1v) is 20.0. The van der Waals surface area contributed by atoms with E-state index in [1.165, 1.54) is 59.4 Å². The van der Waals surface area contributed by atoms with Crippen LogP contribution in [0.4, 0.5) is 0 Å². The third-order valence-electron chi connectivity index (χ3n) is 11.8. The molecule has 59 heavy (non-hydrogen) atoms. The highest BCUT2D eigenvalue weighted by molar-refractivity contribution is 6.33. The lowest BCUT2D eigenvalue weighted by atomic mass is 9.87. The van der Waals surface area contributed by atoms with Crippen molar-refractivity contribution in [2.45, 2.75) is 0 Å². The quantitative estimate of drug-likeness (QED) is 0.165. The van der Waals surface area contributed by atoms with E-state index in [9.17, 15) is 0 Å². The number of hydrogen-bond donors (Lipinski definition) is 0. The molecule has 0 N–H and O–H groups in total. The van der Waals surface area contributed by atoms with Gasteiger partial charge >= 0.3 is 0 Å². The van der Waals surface area contributed by atoms with E-state index in [-0.39, 0.29) is 0 Å². The number of nitrogens with zero attached hydrogens (tertiary/aromatic N) is 4. The molecule has 4 nitrogen and oxygen atoms in total. The molecule has 0 aliphatic carbocycles. The molecule has 10 aromatic carbocycles. The first-order valence-electron chi connectivity index (χ1n) is 20.0. The van der Waals surface area contributed by atoms with Crippen LogP contribution < -0.4 is 0 Å². The van der Waals surface area contributed by atoms with Gasteiger partial charge in [-0.25, -0.2) is 15.0 Å². The zero-order chi connectivity index (χ0) is 38.9. The van der Waals surface area contributed by atoms with Crippen molar-refractivity contribution in [1.82, 2.24) is 19.5 Å². The molecule has 0 saturated carbocycles. The number of rotatable bonds is 5. The summed E-state index contributed by atoms with van der Waals surface area (Å²) in [5.74, 6) is 1.86. The minimum absolute atomic E-state index is 0.617. The largest absolute Gasteiger partial charge is 0.309 e. The summed E-state index contributed by atoms with van der Waals surface area (Å²) < 4.78 is 2.34. The molecule has 0 aliphatic rings. The van der Waals surface area contributed by atoms with Gasteiger partial charge in [0, 0.05) is 27.5 Å². The Morgan fingerprint density at radius 1 is 0.271 bits per heavy atom. The Hall–Kier alpha value is -7.95. The van der Waals surface area contributed by atoms with Gasteiger partial charge in [0.1, 0.15) is 0 Å². The van der Waals surface area contributed by atoms with Crippen molar-refractivity contribution in [3.63, 3.8) is 0 Å². The summed E-state index contributed by atoms with van der Waals surface area (Å²) in [5, 5.41) is 12.4. The second kappa shape index (κ2) is 13.3. The predicted molar refractivity (Wildman–Crippen MR) is 246 cm³/mol. The molecule has 0 spiro atoms. The van der Waals surface area contributed by atoms with Gasteiger partial charge in [0.15, 0.2) is 17.5 Å². The highest BCUT2D eigenvalue weighted by Gasteiger charge is 2.20. The average Bonchev–Trinajstić information content (AvgIpc) is 3.65. The molecule has 2 aromatic heterocycles. The van der Waals surface area contributed by atoms with Crippen molar-refractivity contribution in [2.75, 3.05) is 0 Å². The maximum Gasteiger partial charge on any atom is 0.166 e. The number of benzene rings is 10. The number of aromatic nitrogens is 4. The second-order valence-corrected chi connectivity index (χ2v) is 15.1. The van der Waals surface area contributed by atoms with E-state index in [0.29, 0.717) is 17.5 Å². The molecule has 0 fully saturated rings. The Kier molecular flexibility index (Phi) is 7.50. The molecule has 2 heterocycles. The van der Waals surface area contributed by atoms with E-state index in [0.717, 1.165) is 39.0 Å². The van der Waals surface area contributed by atoms with E-state index in [1.807, 2.05) is 18.2 Å². The zero-order valence-electron chi connectivity index (χ0n) is 31.9. The van der Waals surface area contributed by atoms with Crippen molar-refractivity contribution >= 4 is 64.9 Å². The average molecular weight is 751 g/mol. The summed E-state index contributed by atoms with van der Waals surface area (Å²) in [7, 11) is 0. The van der Waals surface area contributed by atoms with E-state index in [1.54, 1.807) is 0 Å². The first kappa shape index (κ1) is 33.2. The normalized spacial score (nSPS) is 11.7. The Morgan fingerprint density at radius 3 is 1.42 bits per heavy atom. The maximum atomic E-state index is 5.32. The van der Waals surface area contributed by atoms with Crippen molar-refractivity contribution in [1.29, 1.82) is 0 Å². The molecule has 0 aliphatic heterocycles. The van der Waals surface area contributed by atoms with E-state index < -0.39 is 0 Å². The summed E-state index contributed by atoms with van der Waals surface area (Å²) in [5.41, 5.74) is 8.33. The van der Waals surface area contributed by atoms with Crippen LogP contribution in [-0.2, 0) is 0 Å². The highest BCUT2D eigenvalue weighted by Crippen LogP contribution is 2.43. The Bertz CT molecular complexity index is 3570. The first-order chi connectivity index (χ1) is 29.3. The van der Waals surface area contributed by atoms with Crippen molar-refractivity contribution < 1.29 is 0 Å². The molecule has 0 amide bonds. The van der Waals surface area contributed by atoms with Gasteiger partial charge in [0.2, 0.25) is 0 Å². The zero-order valence-corrected chi connectivity index (χ0v) is 31.9. The van der Waals surface area contributed by atoms with Crippen LogP contribution in [0.3, 0.4) is 0 Å². The Labute approximate surface area is 340 Å². The van der Waals surface area contributed by atoms with Crippen LogP contribution in [0.1, 0.15) is 0 Å². The van der Waals surface area contributed by atoms with Crippen LogP contribution in [0.2, 0.25) is 0 Å². The van der Waals surface area contributed by atoms with E-state index in [2.05, 4.69) is 193 Å². The number of para-hydroxylation sites is 3. The fraction of sp³-hybridized carbons (Fsp3) is 0. The summed E-state index contributed by atoms with van der Waals surface area (Å²) in [6, 6.07) is 73.3. The third kappa shape index (κ3) is 5.27. The second-order valence-electron chi connectivity index (χ2n) is 15.1. The molecule has 274 valence electrons. The summed E-state index contributed by atoms with van der Waals surface area (Å²) in [6.07, 6.45) is 0. The van der Waals surface area contributed by atoms with Crippen molar-refractivity contribution in [3.05, 3.63) is 206 Å². The monoisotopic (exact) mass is 750 g/mol. The lowest BCUT2D eigenvalue weighted by Crippen LogP contribution is -2.03. The molecule has 4 heteroatoms. The molecule has 0 saturated heterocycles. The topological polar surface area (TPSA) is 43.6 Å². The van der Waals surface area contributed by atoms with Crippen LogP contribution in [0, 0.1) is 0 Å². The van der Waals surface area contributed by atoms with Gasteiger partial charge in [-0.1, -0.05) is 170 Å². The van der Waals surface area contributed by atoms with Crippen molar-refractivity contribution in [3.8, 4) is 51.0 Å². The lowest BCUT2D eigenvalue weighted by Gasteiger charge is -2.17. The van der Waals surface area contributed by atoms with Gasteiger partial charge in [-0.3, -0.25) is 0 Å². The third-order valence-corrected chi connectivity index (χ3v) is 11.8. The fourth-order valence-corrected chi connectivity index (χ4v) is 9.21. The molecular formula is C55H34N4. The molecule has 0 unspecified atom stereocenters. The van der Waals surface area contributed by atoms with Crippen LogP contribution in [-0.4, -0.2) is 19.5 Å². The van der Waals surface area contributed by atoms with Gasteiger partial charge in [-0.2, -0.15) is 0 Å². The van der Waals surface area contributed by atoms with E-state index >= 15 is 0 Å². The lowest BCUT2D eigenvalue weighted by molar-refractivity contribution is 1.06. The van der Waals surface area contributed by atoms with Gasteiger partial charge < -0.3 is 4.57 Å². The summed E-state index contributed by atoms with van der Waals surface area (Å²) >= 11 is 0. The fourth-order valence-electron chi connectivity index (χ4n) is 9.21. The summed E-state index contributed by atoms with van der Waals surface area (Å²) in [4.78, 5) is 15.7.